The van der Waals surface area contributed by atoms with Crippen molar-refractivity contribution in [2.75, 3.05) is 5.32 Å². The largest absolute Gasteiger partial charge is 0.368 e. The number of rotatable bonds is 4. The van der Waals surface area contributed by atoms with E-state index in [4.69, 9.17) is 0 Å². The number of hydrogen-bond acceptors (Lipinski definition) is 2. The van der Waals surface area contributed by atoms with Gasteiger partial charge in [0.1, 0.15) is 0 Å². The molecule has 0 radical (unpaired) electrons. The molecule has 0 saturated heterocycles. The van der Waals surface area contributed by atoms with Crippen LogP contribution >= 0.6 is 7.60 Å². The van der Waals surface area contributed by atoms with E-state index in [1.807, 2.05) is 25.1 Å². The van der Waals surface area contributed by atoms with Gasteiger partial charge >= 0.3 is 7.60 Å². The maximum absolute atomic E-state index is 11.6. The molecule has 2 aromatic rings. The van der Waals surface area contributed by atoms with Gasteiger partial charge in [-0.15, -0.1) is 0 Å². The first kappa shape index (κ1) is 13.8. The molecule has 0 amide bonds. The third kappa shape index (κ3) is 3.67. The highest BCUT2D eigenvalue weighted by Gasteiger charge is 2.30. The van der Waals surface area contributed by atoms with E-state index in [1.54, 1.807) is 36.4 Å². The molecule has 2 rings (SSSR count). The summed E-state index contributed by atoms with van der Waals surface area (Å²) in [5.74, 6) is -1.03. The smallest absolute Gasteiger partial charge is 0.352 e. The minimum atomic E-state index is -4.29. The highest BCUT2D eigenvalue weighted by atomic mass is 31.2. The Bertz CT molecular complexity index is 577. The molecule has 0 spiro atoms. The number of benzene rings is 2. The second kappa shape index (κ2) is 5.57. The van der Waals surface area contributed by atoms with Crippen molar-refractivity contribution < 1.29 is 14.4 Å². The summed E-state index contributed by atoms with van der Waals surface area (Å²) in [6, 6.07) is 16.1. The SMILES string of the molecule is Cc1ccc(NC(c2ccccc2)P(=O)(O)O)cc1. The van der Waals surface area contributed by atoms with E-state index in [-0.39, 0.29) is 0 Å². The normalized spacial score (nSPS) is 13.0. The van der Waals surface area contributed by atoms with Crippen LogP contribution in [0.5, 0.6) is 0 Å². The molecule has 5 heteroatoms. The summed E-state index contributed by atoms with van der Waals surface area (Å²) in [5, 5.41) is 2.90. The van der Waals surface area contributed by atoms with Crippen molar-refractivity contribution in [3.05, 3.63) is 65.7 Å². The molecule has 0 aliphatic rings. The summed E-state index contributed by atoms with van der Waals surface area (Å²) in [5.41, 5.74) is 2.34. The van der Waals surface area contributed by atoms with Gasteiger partial charge in [-0.3, -0.25) is 4.57 Å². The Balaban J connectivity index is 2.30. The van der Waals surface area contributed by atoms with Gasteiger partial charge in [0.15, 0.2) is 5.78 Å². The van der Waals surface area contributed by atoms with E-state index in [0.717, 1.165) is 5.56 Å². The lowest BCUT2D eigenvalue weighted by atomic mass is 10.2. The lowest BCUT2D eigenvalue weighted by Gasteiger charge is -2.21. The second-order valence-corrected chi connectivity index (χ2v) is 6.11. The first-order valence-corrected chi connectivity index (χ1v) is 7.58. The minimum Gasteiger partial charge on any atom is -0.368 e. The molecule has 1 unspecified atom stereocenters. The van der Waals surface area contributed by atoms with Crippen LogP contribution < -0.4 is 5.32 Å². The predicted molar refractivity (Wildman–Crippen MR) is 76.0 cm³/mol. The van der Waals surface area contributed by atoms with Crippen LogP contribution in [0.4, 0.5) is 5.69 Å². The highest BCUT2D eigenvalue weighted by molar-refractivity contribution is 7.52. The molecule has 4 nitrogen and oxygen atoms in total. The summed E-state index contributed by atoms with van der Waals surface area (Å²) < 4.78 is 11.6. The molecule has 0 aliphatic carbocycles. The molecule has 0 aliphatic heterocycles. The zero-order chi connectivity index (χ0) is 13.9. The van der Waals surface area contributed by atoms with Crippen LogP contribution in [-0.2, 0) is 4.57 Å². The summed E-state index contributed by atoms with van der Waals surface area (Å²) in [7, 11) is -4.29. The van der Waals surface area contributed by atoms with Gasteiger partial charge in [-0.25, -0.2) is 0 Å². The van der Waals surface area contributed by atoms with Gasteiger partial charge in [-0.2, -0.15) is 0 Å². The van der Waals surface area contributed by atoms with E-state index in [1.165, 1.54) is 0 Å². The van der Waals surface area contributed by atoms with Crippen molar-refractivity contribution in [1.29, 1.82) is 0 Å². The van der Waals surface area contributed by atoms with Gasteiger partial charge in [0.25, 0.3) is 0 Å². The molecule has 1 atom stereocenters. The minimum absolute atomic E-state index is 0.566. The van der Waals surface area contributed by atoms with Crippen LogP contribution in [0, 0.1) is 6.92 Å². The maximum atomic E-state index is 11.6. The molecule has 0 saturated carbocycles. The molecular formula is C14H16NO3P. The van der Waals surface area contributed by atoms with Crippen LogP contribution in [0.25, 0.3) is 0 Å². The Kier molecular flexibility index (Phi) is 4.05. The number of aryl methyl sites for hydroxylation is 1. The van der Waals surface area contributed by atoms with Crippen molar-refractivity contribution in [2.24, 2.45) is 0 Å². The van der Waals surface area contributed by atoms with Crippen LogP contribution in [0.3, 0.4) is 0 Å². The summed E-state index contributed by atoms with van der Waals surface area (Å²) in [6.45, 7) is 1.96. The lowest BCUT2D eigenvalue weighted by molar-refractivity contribution is 0.363. The van der Waals surface area contributed by atoms with E-state index in [9.17, 15) is 14.4 Å². The van der Waals surface area contributed by atoms with Crippen molar-refractivity contribution >= 4 is 13.3 Å². The van der Waals surface area contributed by atoms with Crippen LogP contribution in [0.15, 0.2) is 54.6 Å². The molecule has 0 heterocycles. The molecule has 0 fully saturated rings. The van der Waals surface area contributed by atoms with Gasteiger partial charge in [-0.1, -0.05) is 48.0 Å². The molecule has 0 aromatic heterocycles. The summed E-state index contributed by atoms with van der Waals surface area (Å²) in [4.78, 5) is 19.0. The van der Waals surface area contributed by atoms with Crippen LogP contribution in [-0.4, -0.2) is 9.79 Å². The van der Waals surface area contributed by atoms with Gasteiger partial charge in [0.05, 0.1) is 0 Å². The quantitative estimate of drug-likeness (QED) is 0.750. The van der Waals surface area contributed by atoms with E-state index in [0.29, 0.717) is 11.3 Å². The van der Waals surface area contributed by atoms with Crippen LogP contribution in [0.2, 0.25) is 0 Å². The van der Waals surface area contributed by atoms with E-state index < -0.39 is 13.4 Å². The highest BCUT2D eigenvalue weighted by Crippen LogP contribution is 2.51. The Labute approximate surface area is 112 Å². The average Bonchev–Trinajstić information content (AvgIpc) is 2.37. The Morgan fingerprint density at radius 2 is 1.58 bits per heavy atom. The molecule has 0 bridgehead atoms. The van der Waals surface area contributed by atoms with Crippen molar-refractivity contribution in [1.82, 2.24) is 0 Å². The molecular weight excluding hydrogens is 261 g/mol. The molecule has 19 heavy (non-hydrogen) atoms. The number of nitrogens with one attached hydrogen (secondary N) is 1. The van der Waals surface area contributed by atoms with Gasteiger partial charge in [0.2, 0.25) is 0 Å². The third-order valence-corrected chi connectivity index (χ3v) is 3.91. The van der Waals surface area contributed by atoms with Gasteiger partial charge in [-0.05, 0) is 24.6 Å². The Hall–Kier alpha value is -1.61. The zero-order valence-electron chi connectivity index (χ0n) is 10.5. The summed E-state index contributed by atoms with van der Waals surface area (Å²) in [6.07, 6.45) is 0. The zero-order valence-corrected chi connectivity index (χ0v) is 11.4. The van der Waals surface area contributed by atoms with Crippen molar-refractivity contribution in [3.63, 3.8) is 0 Å². The molecule has 2 aromatic carbocycles. The fourth-order valence-electron chi connectivity index (χ4n) is 1.80. The van der Waals surface area contributed by atoms with Crippen molar-refractivity contribution in [2.45, 2.75) is 12.7 Å². The first-order valence-electron chi connectivity index (χ1n) is 5.90. The maximum Gasteiger partial charge on any atom is 0.352 e. The molecule has 100 valence electrons. The topological polar surface area (TPSA) is 69.6 Å². The number of hydrogen-bond donors (Lipinski definition) is 3. The standard InChI is InChI=1S/C14H16NO3P/c1-11-7-9-13(10-8-11)15-14(19(16,17)18)12-5-3-2-4-6-12/h2-10,14-15H,1H3,(H2,16,17,18). The van der Waals surface area contributed by atoms with Gasteiger partial charge in [0, 0.05) is 5.69 Å². The fourth-order valence-corrected chi connectivity index (χ4v) is 2.68. The lowest BCUT2D eigenvalue weighted by Crippen LogP contribution is -2.11. The third-order valence-electron chi connectivity index (χ3n) is 2.81. The van der Waals surface area contributed by atoms with Gasteiger partial charge < -0.3 is 15.1 Å². The monoisotopic (exact) mass is 277 g/mol. The number of anilines is 1. The fraction of sp³-hybridized carbons (Fsp3) is 0.143. The second-order valence-electron chi connectivity index (χ2n) is 4.41. The molecule has 3 N–H and O–H groups in total. The summed E-state index contributed by atoms with van der Waals surface area (Å²) >= 11 is 0. The van der Waals surface area contributed by atoms with E-state index >= 15 is 0 Å². The van der Waals surface area contributed by atoms with Crippen molar-refractivity contribution in [3.8, 4) is 0 Å². The first-order chi connectivity index (χ1) is 8.97. The predicted octanol–water partition coefficient (Wildman–Crippen LogP) is 3.28. The Morgan fingerprint density at radius 3 is 2.11 bits per heavy atom. The van der Waals surface area contributed by atoms with Crippen LogP contribution in [0.1, 0.15) is 16.9 Å². The van der Waals surface area contributed by atoms with E-state index in [2.05, 4.69) is 5.32 Å². The average molecular weight is 277 g/mol. The Morgan fingerprint density at radius 1 is 1.00 bits per heavy atom.